The number of aryl methyl sites for hydroxylation is 1. The summed E-state index contributed by atoms with van der Waals surface area (Å²) in [5.74, 6) is 0.0209. The number of fused-ring (bicyclic) bond motifs is 2. The van der Waals surface area contributed by atoms with Crippen molar-refractivity contribution in [1.29, 1.82) is 0 Å². The van der Waals surface area contributed by atoms with Gasteiger partial charge in [-0.15, -0.1) is 0 Å². The van der Waals surface area contributed by atoms with Crippen LogP contribution in [0, 0.1) is 0 Å². The van der Waals surface area contributed by atoms with Crippen LogP contribution in [0.15, 0.2) is 48.7 Å². The average molecular weight is 272 g/mol. The quantitative estimate of drug-likeness (QED) is 0.623. The molecule has 100 valence electrons. The highest BCUT2D eigenvalue weighted by Gasteiger charge is 2.28. The van der Waals surface area contributed by atoms with E-state index >= 15 is 0 Å². The second kappa shape index (κ2) is 4.25. The van der Waals surface area contributed by atoms with E-state index in [1.165, 1.54) is 0 Å². The SMILES string of the molecule is [B]c1ccc2c(c1)C(=O)N(c1ccc3c(ccn3C)c1)C2. The molecule has 0 atom stereocenters. The number of nitrogens with zero attached hydrogens (tertiary/aromatic N) is 2. The van der Waals surface area contributed by atoms with Crippen molar-refractivity contribution in [3.63, 3.8) is 0 Å². The monoisotopic (exact) mass is 272 g/mol. The summed E-state index contributed by atoms with van der Waals surface area (Å²) in [5, 5.41) is 1.14. The lowest BCUT2D eigenvalue weighted by molar-refractivity contribution is 0.0996. The standard InChI is InChI=1S/C17H13BN2O/c1-19-7-6-11-8-14(4-5-16(11)19)20-10-12-2-3-13(18)9-15(12)17(20)21/h2-9H,10H2,1H3. The number of carbonyl (C=O) groups excluding carboxylic acids is 1. The number of hydrogen-bond donors (Lipinski definition) is 0. The molecule has 2 heterocycles. The number of amides is 1. The first-order chi connectivity index (χ1) is 10.1. The number of anilines is 1. The highest BCUT2D eigenvalue weighted by molar-refractivity contribution is 6.33. The van der Waals surface area contributed by atoms with E-state index in [0.717, 1.165) is 22.2 Å². The summed E-state index contributed by atoms with van der Waals surface area (Å²) in [6.45, 7) is 0.604. The Bertz CT molecular complexity index is 882. The van der Waals surface area contributed by atoms with Gasteiger partial charge in [0.1, 0.15) is 7.85 Å². The molecule has 4 heteroatoms. The smallest absolute Gasteiger partial charge is 0.258 e. The van der Waals surface area contributed by atoms with Gasteiger partial charge in [0.25, 0.3) is 5.91 Å². The number of carbonyl (C=O) groups is 1. The molecule has 1 aliphatic rings. The van der Waals surface area contributed by atoms with Crippen LogP contribution >= 0.6 is 0 Å². The lowest BCUT2D eigenvalue weighted by Gasteiger charge is -2.16. The summed E-state index contributed by atoms with van der Waals surface area (Å²) >= 11 is 0. The highest BCUT2D eigenvalue weighted by atomic mass is 16.2. The van der Waals surface area contributed by atoms with Crippen molar-refractivity contribution in [2.24, 2.45) is 7.05 Å². The first-order valence-electron chi connectivity index (χ1n) is 6.89. The van der Waals surface area contributed by atoms with Gasteiger partial charge in [-0.2, -0.15) is 0 Å². The van der Waals surface area contributed by atoms with Crippen molar-refractivity contribution in [3.05, 3.63) is 59.8 Å². The Morgan fingerprint density at radius 2 is 1.95 bits per heavy atom. The van der Waals surface area contributed by atoms with Gasteiger partial charge in [0, 0.05) is 35.4 Å². The van der Waals surface area contributed by atoms with Crippen molar-refractivity contribution >= 4 is 35.8 Å². The molecule has 0 saturated carbocycles. The first-order valence-corrected chi connectivity index (χ1v) is 6.89. The van der Waals surface area contributed by atoms with Gasteiger partial charge in [0.05, 0.1) is 6.54 Å². The summed E-state index contributed by atoms with van der Waals surface area (Å²) in [7, 11) is 7.80. The molecule has 1 aliphatic heterocycles. The fraction of sp³-hybridized carbons (Fsp3) is 0.118. The minimum atomic E-state index is 0.0209. The van der Waals surface area contributed by atoms with Crippen molar-refractivity contribution in [1.82, 2.24) is 4.57 Å². The number of aromatic nitrogens is 1. The van der Waals surface area contributed by atoms with Gasteiger partial charge in [0.15, 0.2) is 0 Å². The summed E-state index contributed by atoms with van der Waals surface area (Å²) in [4.78, 5) is 14.4. The average Bonchev–Trinajstić information content (AvgIpc) is 3.01. The van der Waals surface area contributed by atoms with Gasteiger partial charge >= 0.3 is 0 Å². The molecule has 0 fully saturated rings. The van der Waals surface area contributed by atoms with Crippen LogP contribution in [-0.4, -0.2) is 18.3 Å². The summed E-state index contributed by atoms with van der Waals surface area (Å²) in [6.07, 6.45) is 2.02. The van der Waals surface area contributed by atoms with E-state index < -0.39 is 0 Å². The molecule has 2 radical (unpaired) electrons. The number of hydrogen-bond acceptors (Lipinski definition) is 1. The molecule has 0 unspecified atom stereocenters. The zero-order valence-corrected chi connectivity index (χ0v) is 11.7. The van der Waals surface area contributed by atoms with Gasteiger partial charge in [0.2, 0.25) is 0 Å². The molecule has 3 nitrogen and oxygen atoms in total. The van der Waals surface area contributed by atoms with E-state index in [1.54, 1.807) is 11.0 Å². The van der Waals surface area contributed by atoms with Crippen molar-refractivity contribution < 1.29 is 4.79 Å². The van der Waals surface area contributed by atoms with Crippen LogP contribution in [0.4, 0.5) is 5.69 Å². The maximum atomic E-state index is 12.6. The molecule has 1 aromatic heterocycles. The van der Waals surface area contributed by atoms with Crippen LogP contribution in [0.25, 0.3) is 10.9 Å². The fourth-order valence-corrected chi connectivity index (χ4v) is 2.96. The molecule has 0 saturated heterocycles. The molecule has 0 N–H and O–H groups in total. The molecule has 0 spiro atoms. The van der Waals surface area contributed by atoms with Gasteiger partial charge in [-0.1, -0.05) is 23.7 Å². The highest BCUT2D eigenvalue weighted by Crippen LogP contribution is 2.30. The lowest BCUT2D eigenvalue weighted by Crippen LogP contribution is -2.23. The normalized spacial score (nSPS) is 14.0. The largest absolute Gasteiger partial charge is 0.351 e. The third-order valence-electron chi connectivity index (χ3n) is 4.12. The van der Waals surface area contributed by atoms with Crippen molar-refractivity contribution in [2.75, 3.05) is 4.90 Å². The number of rotatable bonds is 1. The molecule has 1 amide bonds. The molecule has 3 aromatic rings. The molecule has 0 bridgehead atoms. The maximum absolute atomic E-state index is 12.6. The van der Waals surface area contributed by atoms with Crippen molar-refractivity contribution in [2.45, 2.75) is 6.54 Å². The van der Waals surface area contributed by atoms with E-state index in [0.29, 0.717) is 17.6 Å². The Balaban J connectivity index is 1.78. The molecule has 0 aliphatic carbocycles. The third kappa shape index (κ3) is 1.79. The predicted octanol–water partition coefficient (Wildman–Crippen LogP) is 2.13. The van der Waals surface area contributed by atoms with E-state index in [1.807, 2.05) is 31.4 Å². The summed E-state index contributed by atoms with van der Waals surface area (Å²) < 4.78 is 2.07. The summed E-state index contributed by atoms with van der Waals surface area (Å²) in [6, 6.07) is 13.7. The fourth-order valence-electron chi connectivity index (χ4n) is 2.96. The molecular weight excluding hydrogens is 259 g/mol. The Labute approximate surface area is 124 Å². The third-order valence-corrected chi connectivity index (χ3v) is 4.12. The van der Waals surface area contributed by atoms with Crippen molar-refractivity contribution in [3.8, 4) is 0 Å². The Kier molecular flexibility index (Phi) is 2.48. The molecule has 21 heavy (non-hydrogen) atoms. The minimum absolute atomic E-state index is 0.0209. The Morgan fingerprint density at radius 1 is 1.10 bits per heavy atom. The minimum Gasteiger partial charge on any atom is -0.351 e. The zero-order valence-electron chi connectivity index (χ0n) is 11.7. The lowest BCUT2D eigenvalue weighted by atomic mass is 9.93. The topological polar surface area (TPSA) is 25.2 Å². The van der Waals surface area contributed by atoms with Gasteiger partial charge in [-0.05, 0) is 29.8 Å². The zero-order chi connectivity index (χ0) is 14.6. The Morgan fingerprint density at radius 3 is 2.81 bits per heavy atom. The van der Waals surface area contributed by atoms with Gasteiger partial charge < -0.3 is 9.47 Å². The second-order valence-electron chi connectivity index (χ2n) is 5.48. The van der Waals surface area contributed by atoms with E-state index in [4.69, 9.17) is 7.85 Å². The molecular formula is C17H13BN2O. The first kappa shape index (κ1) is 12.3. The van der Waals surface area contributed by atoms with Crippen LogP contribution in [0.3, 0.4) is 0 Å². The maximum Gasteiger partial charge on any atom is 0.258 e. The van der Waals surface area contributed by atoms with E-state index in [9.17, 15) is 4.79 Å². The van der Waals surface area contributed by atoms with E-state index in [-0.39, 0.29) is 5.91 Å². The van der Waals surface area contributed by atoms with Crippen LogP contribution in [-0.2, 0) is 13.6 Å². The molecule has 4 rings (SSSR count). The van der Waals surface area contributed by atoms with Crippen LogP contribution in [0.2, 0.25) is 0 Å². The summed E-state index contributed by atoms with van der Waals surface area (Å²) in [5.41, 5.74) is 4.45. The van der Waals surface area contributed by atoms with Gasteiger partial charge in [-0.3, -0.25) is 4.79 Å². The number of benzene rings is 2. The van der Waals surface area contributed by atoms with E-state index in [2.05, 4.69) is 22.8 Å². The van der Waals surface area contributed by atoms with Crippen LogP contribution in [0.1, 0.15) is 15.9 Å². The second-order valence-corrected chi connectivity index (χ2v) is 5.48. The molecule has 2 aromatic carbocycles. The Hall–Kier alpha value is -2.49. The van der Waals surface area contributed by atoms with Crippen LogP contribution in [0.5, 0.6) is 0 Å². The van der Waals surface area contributed by atoms with Gasteiger partial charge in [-0.25, -0.2) is 0 Å². The van der Waals surface area contributed by atoms with Crippen LogP contribution < -0.4 is 10.4 Å². The predicted molar refractivity (Wildman–Crippen MR) is 85.3 cm³/mol.